The van der Waals surface area contributed by atoms with Crippen molar-refractivity contribution in [2.75, 3.05) is 12.8 Å². The molecule has 1 N–H and O–H groups in total. The van der Waals surface area contributed by atoms with Crippen molar-refractivity contribution in [1.82, 2.24) is 10.2 Å². The molecule has 0 spiro atoms. The van der Waals surface area contributed by atoms with Gasteiger partial charge in [0, 0.05) is 30.8 Å². The van der Waals surface area contributed by atoms with Gasteiger partial charge in [0.2, 0.25) is 11.8 Å². The van der Waals surface area contributed by atoms with Crippen LogP contribution in [0.2, 0.25) is 5.02 Å². The highest BCUT2D eigenvalue weighted by molar-refractivity contribution is 7.99. The summed E-state index contributed by atoms with van der Waals surface area (Å²) in [4.78, 5) is 28.0. The molecule has 1 unspecified atom stereocenters. The van der Waals surface area contributed by atoms with Crippen molar-refractivity contribution in [2.45, 2.75) is 31.7 Å². The number of hydrogen-bond donors (Lipinski definition) is 1. The van der Waals surface area contributed by atoms with Crippen LogP contribution in [0.3, 0.4) is 0 Å². The molecule has 0 radical (unpaired) electrons. The number of nitrogens with one attached hydrogen (secondary N) is 1. The standard InChI is InChI=1S/C27H29ClN2O2S/c1-20-8-6-7-11-23(20)18-33-19-26(31)30(17-22-12-14-24(28)15-13-22)25(27(32)29-2)16-21-9-4-3-5-10-21/h3-15,25H,16-19H2,1-2H3,(H,29,32). The molecule has 4 nitrogen and oxygen atoms in total. The van der Waals surface area contributed by atoms with Gasteiger partial charge in [-0.1, -0.05) is 78.3 Å². The molecule has 0 saturated heterocycles. The molecule has 1 atom stereocenters. The van der Waals surface area contributed by atoms with E-state index in [1.54, 1.807) is 35.8 Å². The minimum atomic E-state index is -0.611. The maximum absolute atomic E-state index is 13.4. The predicted octanol–water partition coefficient (Wildman–Crippen LogP) is 5.27. The number of thioether (sulfide) groups is 1. The Morgan fingerprint density at radius 3 is 2.27 bits per heavy atom. The third-order valence-corrected chi connectivity index (χ3v) is 6.75. The van der Waals surface area contributed by atoms with Gasteiger partial charge < -0.3 is 10.2 Å². The summed E-state index contributed by atoms with van der Waals surface area (Å²) in [7, 11) is 1.61. The summed E-state index contributed by atoms with van der Waals surface area (Å²) in [6, 6.07) is 24.8. The second kappa shape index (κ2) is 12.5. The van der Waals surface area contributed by atoms with Crippen molar-refractivity contribution in [1.29, 1.82) is 0 Å². The summed E-state index contributed by atoms with van der Waals surface area (Å²) < 4.78 is 0. The van der Waals surface area contributed by atoms with Gasteiger partial charge in [-0.05, 0) is 41.3 Å². The molecule has 3 aromatic rings. The van der Waals surface area contributed by atoms with Gasteiger partial charge >= 0.3 is 0 Å². The summed E-state index contributed by atoms with van der Waals surface area (Å²) >= 11 is 7.61. The Hall–Kier alpha value is -2.76. The number of rotatable bonds is 10. The molecule has 3 aromatic carbocycles. The van der Waals surface area contributed by atoms with Crippen LogP contribution in [0, 0.1) is 6.92 Å². The molecule has 3 rings (SSSR count). The first-order valence-electron chi connectivity index (χ1n) is 10.9. The quantitative estimate of drug-likeness (QED) is 0.430. The number of carbonyl (C=O) groups excluding carboxylic acids is 2. The lowest BCUT2D eigenvalue weighted by atomic mass is 10.0. The molecule has 0 aliphatic heterocycles. The highest BCUT2D eigenvalue weighted by atomic mass is 35.5. The van der Waals surface area contributed by atoms with Crippen molar-refractivity contribution < 1.29 is 9.59 Å². The van der Waals surface area contributed by atoms with Gasteiger partial charge in [-0.25, -0.2) is 0 Å². The average Bonchev–Trinajstić information content (AvgIpc) is 2.83. The Morgan fingerprint density at radius 2 is 1.61 bits per heavy atom. The van der Waals surface area contributed by atoms with E-state index >= 15 is 0 Å². The Kier molecular flexibility index (Phi) is 9.40. The molecule has 0 aromatic heterocycles. The molecule has 2 amide bonds. The molecule has 0 aliphatic carbocycles. The average molecular weight is 481 g/mol. The largest absolute Gasteiger partial charge is 0.357 e. The normalized spacial score (nSPS) is 11.6. The summed E-state index contributed by atoms with van der Waals surface area (Å²) in [5.41, 5.74) is 4.36. The van der Waals surface area contributed by atoms with Gasteiger partial charge in [0.1, 0.15) is 6.04 Å². The van der Waals surface area contributed by atoms with Crippen molar-refractivity contribution in [3.63, 3.8) is 0 Å². The zero-order valence-electron chi connectivity index (χ0n) is 19.0. The Labute approximate surface area is 205 Å². The van der Waals surface area contributed by atoms with Gasteiger partial charge in [0.15, 0.2) is 0 Å². The van der Waals surface area contributed by atoms with Gasteiger partial charge in [-0.3, -0.25) is 9.59 Å². The molecule has 172 valence electrons. The van der Waals surface area contributed by atoms with Gasteiger partial charge in [0.05, 0.1) is 5.75 Å². The van der Waals surface area contributed by atoms with Crippen molar-refractivity contribution in [3.05, 3.63) is 106 Å². The van der Waals surface area contributed by atoms with Crippen molar-refractivity contribution in [3.8, 4) is 0 Å². The van der Waals surface area contributed by atoms with E-state index in [0.717, 1.165) is 16.9 Å². The van der Waals surface area contributed by atoms with Crippen LogP contribution in [0.25, 0.3) is 0 Å². The number of nitrogens with zero attached hydrogens (tertiary/aromatic N) is 1. The maximum atomic E-state index is 13.4. The number of amides is 2. The topological polar surface area (TPSA) is 49.4 Å². The lowest BCUT2D eigenvalue weighted by Gasteiger charge is -2.31. The van der Waals surface area contributed by atoms with Crippen LogP contribution in [-0.4, -0.2) is 35.6 Å². The fraction of sp³-hybridized carbons (Fsp3) is 0.259. The fourth-order valence-corrected chi connectivity index (χ4v) is 4.72. The number of carbonyl (C=O) groups is 2. The van der Waals surface area contributed by atoms with E-state index in [-0.39, 0.29) is 11.8 Å². The van der Waals surface area contributed by atoms with Crippen LogP contribution in [0.5, 0.6) is 0 Å². The van der Waals surface area contributed by atoms with E-state index in [1.807, 2.05) is 54.6 Å². The van der Waals surface area contributed by atoms with Crippen molar-refractivity contribution in [2.24, 2.45) is 0 Å². The van der Waals surface area contributed by atoms with Crippen molar-refractivity contribution >= 4 is 35.2 Å². The zero-order valence-corrected chi connectivity index (χ0v) is 20.5. The summed E-state index contributed by atoms with van der Waals surface area (Å²) in [5, 5.41) is 3.38. The molecular weight excluding hydrogens is 452 g/mol. The summed E-state index contributed by atoms with van der Waals surface area (Å²) in [6.45, 7) is 2.41. The second-order valence-electron chi connectivity index (χ2n) is 7.89. The molecule has 0 heterocycles. The van der Waals surface area contributed by atoms with Crippen LogP contribution < -0.4 is 5.32 Å². The molecule has 0 bridgehead atoms. The molecule has 6 heteroatoms. The summed E-state index contributed by atoms with van der Waals surface area (Å²) in [6.07, 6.45) is 0.447. The van der Waals surface area contributed by atoms with Crippen LogP contribution in [-0.2, 0) is 28.3 Å². The first-order chi connectivity index (χ1) is 16.0. The van der Waals surface area contributed by atoms with E-state index in [1.165, 1.54) is 11.1 Å². The third-order valence-electron chi connectivity index (χ3n) is 5.53. The smallest absolute Gasteiger partial charge is 0.242 e. The zero-order chi connectivity index (χ0) is 23.6. The van der Waals surface area contributed by atoms with E-state index in [9.17, 15) is 9.59 Å². The van der Waals surface area contributed by atoms with Gasteiger partial charge in [-0.15, -0.1) is 11.8 Å². The number of likely N-dealkylation sites (N-methyl/N-ethyl adjacent to an activating group) is 1. The number of hydrogen-bond acceptors (Lipinski definition) is 3. The maximum Gasteiger partial charge on any atom is 0.242 e. The second-order valence-corrected chi connectivity index (χ2v) is 9.31. The van der Waals surface area contributed by atoms with E-state index in [2.05, 4.69) is 24.4 Å². The minimum absolute atomic E-state index is 0.0620. The first kappa shape index (κ1) is 24.9. The summed E-state index contributed by atoms with van der Waals surface area (Å²) in [5.74, 6) is 0.805. The highest BCUT2D eigenvalue weighted by Crippen LogP contribution is 2.20. The lowest BCUT2D eigenvalue weighted by molar-refractivity contribution is -0.139. The van der Waals surface area contributed by atoms with Gasteiger partial charge in [-0.2, -0.15) is 0 Å². The van der Waals surface area contributed by atoms with E-state index in [0.29, 0.717) is 23.7 Å². The molecule has 33 heavy (non-hydrogen) atoms. The minimum Gasteiger partial charge on any atom is -0.357 e. The van der Waals surface area contributed by atoms with Gasteiger partial charge in [0.25, 0.3) is 0 Å². The lowest BCUT2D eigenvalue weighted by Crippen LogP contribution is -2.50. The first-order valence-corrected chi connectivity index (χ1v) is 12.4. The number of halogens is 1. The van der Waals surface area contributed by atoms with Crippen LogP contribution >= 0.6 is 23.4 Å². The number of benzene rings is 3. The predicted molar refractivity (Wildman–Crippen MR) is 137 cm³/mol. The molecule has 0 aliphatic rings. The third kappa shape index (κ3) is 7.37. The number of aryl methyl sites for hydroxylation is 1. The molecule has 0 fully saturated rings. The van der Waals surface area contributed by atoms with E-state index in [4.69, 9.17) is 11.6 Å². The Morgan fingerprint density at radius 1 is 0.939 bits per heavy atom. The molecular formula is C27H29ClN2O2S. The monoisotopic (exact) mass is 480 g/mol. The Bertz CT molecular complexity index is 1060. The van der Waals surface area contributed by atoms with E-state index < -0.39 is 6.04 Å². The SMILES string of the molecule is CNC(=O)C(Cc1ccccc1)N(Cc1ccc(Cl)cc1)C(=O)CSCc1ccccc1C. The Balaban J connectivity index is 1.80. The highest BCUT2D eigenvalue weighted by Gasteiger charge is 2.29. The fourth-order valence-electron chi connectivity index (χ4n) is 3.61. The van der Waals surface area contributed by atoms with Crippen LogP contribution in [0.4, 0.5) is 0 Å². The van der Waals surface area contributed by atoms with Crippen LogP contribution in [0.1, 0.15) is 22.3 Å². The van der Waals surface area contributed by atoms with Crippen LogP contribution in [0.15, 0.2) is 78.9 Å². The molecule has 0 saturated carbocycles.